The molecule has 0 saturated heterocycles. The molecule has 2 nitrogen and oxygen atoms in total. The third kappa shape index (κ3) is 2.13. The molecule has 0 fully saturated rings. The van der Waals surface area contributed by atoms with Gasteiger partial charge in [-0.25, -0.2) is 9.97 Å². The fourth-order valence-electron chi connectivity index (χ4n) is 1.80. The van der Waals surface area contributed by atoms with Crippen LogP contribution in [0.25, 0.3) is 22.6 Å². The molecule has 2 heteroatoms. The van der Waals surface area contributed by atoms with Gasteiger partial charge in [-0.05, 0) is 6.07 Å². The van der Waals surface area contributed by atoms with Gasteiger partial charge in [-0.2, -0.15) is 0 Å². The van der Waals surface area contributed by atoms with Crippen LogP contribution in [0.3, 0.4) is 0 Å². The van der Waals surface area contributed by atoms with Gasteiger partial charge < -0.3 is 0 Å². The van der Waals surface area contributed by atoms with Gasteiger partial charge in [0.15, 0.2) is 5.82 Å². The Bertz CT molecular complexity index is 579. The van der Waals surface area contributed by atoms with E-state index >= 15 is 0 Å². The van der Waals surface area contributed by atoms with Gasteiger partial charge in [0.05, 0.1) is 11.9 Å². The molecule has 0 aliphatic heterocycles. The molecule has 0 saturated carbocycles. The quantitative estimate of drug-likeness (QED) is 0.673. The average Bonchev–Trinajstić information content (AvgIpc) is 2.49. The molecule has 1 radical (unpaired) electrons. The van der Waals surface area contributed by atoms with Gasteiger partial charge in [0, 0.05) is 11.1 Å². The molecular weight excluding hydrogens is 220 g/mol. The van der Waals surface area contributed by atoms with Gasteiger partial charge in [0.25, 0.3) is 0 Å². The molecule has 0 aliphatic carbocycles. The van der Waals surface area contributed by atoms with Crippen molar-refractivity contribution in [1.82, 2.24) is 9.97 Å². The van der Waals surface area contributed by atoms with Crippen LogP contribution in [0.5, 0.6) is 0 Å². The Morgan fingerprint density at radius 2 is 1.33 bits per heavy atom. The van der Waals surface area contributed by atoms with E-state index in [0.29, 0.717) is 5.82 Å². The summed E-state index contributed by atoms with van der Waals surface area (Å²) in [7, 11) is 0. The first kappa shape index (κ1) is 10.7. The van der Waals surface area contributed by atoms with Crippen LogP contribution in [0.4, 0.5) is 0 Å². The van der Waals surface area contributed by atoms with E-state index in [0.717, 1.165) is 16.8 Å². The highest BCUT2D eigenvalue weighted by Crippen LogP contribution is 2.19. The van der Waals surface area contributed by atoms with Gasteiger partial charge in [-0.1, -0.05) is 60.7 Å². The van der Waals surface area contributed by atoms with Gasteiger partial charge >= 0.3 is 0 Å². The van der Waals surface area contributed by atoms with E-state index < -0.39 is 0 Å². The molecule has 0 N–H and O–H groups in total. The summed E-state index contributed by atoms with van der Waals surface area (Å²) in [5.74, 6) is 0.706. The van der Waals surface area contributed by atoms with Crippen molar-refractivity contribution in [2.75, 3.05) is 0 Å². The fraction of sp³-hybridized carbons (Fsp3) is 0. The van der Waals surface area contributed by atoms with E-state index in [4.69, 9.17) is 0 Å². The van der Waals surface area contributed by atoms with E-state index in [2.05, 4.69) is 16.2 Å². The molecule has 1 heterocycles. The van der Waals surface area contributed by atoms with Crippen molar-refractivity contribution in [3.63, 3.8) is 0 Å². The van der Waals surface area contributed by atoms with Crippen molar-refractivity contribution in [2.45, 2.75) is 0 Å². The number of rotatable bonds is 2. The third-order valence-electron chi connectivity index (χ3n) is 2.70. The standard InChI is InChI=1S/C16H11N2/c1-3-7-13(8-4-1)15-11-12-17-16(18-15)14-9-5-2-6-10-14/h1-11H. The van der Waals surface area contributed by atoms with Gasteiger partial charge in [-0.15, -0.1) is 0 Å². The fourth-order valence-corrected chi connectivity index (χ4v) is 1.80. The first-order valence-corrected chi connectivity index (χ1v) is 5.79. The minimum atomic E-state index is 0.706. The zero-order chi connectivity index (χ0) is 12.2. The highest BCUT2D eigenvalue weighted by molar-refractivity contribution is 5.62. The van der Waals surface area contributed by atoms with E-state index in [1.807, 2.05) is 66.7 Å². The molecule has 3 rings (SSSR count). The second kappa shape index (κ2) is 4.80. The minimum Gasteiger partial charge on any atom is -0.228 e. The predicted octanol–water partition coefficient (Wildman–Crippen LogP) is 3.61. The van der Waals surface area contributed by atoms with Crippen LogP contribution >= 0.6 is 0 Å². The smallest absolute Gasteiger partial charge is 0.160 e. The first-order valence-electron chi connectivity index (χ1n) is 5.79. The summed E-state index contributed by atoms with van der Waals surface area (Å²) in [5.41, 5.74) is 2.98. The zero-order valence-corrected chi connectivity index (χ0v) is 9.75. The maximum absolute atomic E-state index is 4.57. The SMILES string of the molecule is [c]1cc(-c2ccccc2)nc(-c2ccccc2)n1. The van der Waals surface area contributed by atoms with Crippen LogP contribution < -0.4 is 0 Å². The van der Waals surface area contributed by atoms with E-state index in [1.165, 1.54) is 0 Å². The van der Waals surface area contributed by atoms with Crippen LogP contribution in [0.2, 0.25) is 0 Å². The van der Waals surface area contributed by atoms with Gasteiger partial charge in [0.1, 0.15) is 0 Å². The largest absolute Gasteiger partial charge is 0.228 e. The lowest BCUT2D eigenvalue weighted by molar-refractivity contribution is 1.17. The molecule has 0 spiro atoms. The molecule has 0 amide bonds. The molecule has 2 aromatic carbocycles. The Kier molecular flexibility index (Phi) is 2.84. The number of hydrogen-bond acceptors (Lipinski definition) is 2. The van der Waals surface area contributed by atoms with Gasteiger partial charge in [0.2, 0.25) is 0 Å². The highest BCUT2D eigenvalue weighted by atomic mass is 14.9. The Labute approximate surface area is 106 Å². The van der Waals surface area contributed by atoms with E-state index in [9.17, 15) is 0 Å². The molecule has 0 bridgehead atoms. The molecule has 0 unspecified atom stereocenters. The molecule has 1 aromatic heterocycles. The Balaban J connectivity index is 2.05. The van der Waals surface area contributed by atoms with Gasteiger partial charge in [-0.3, -0.25) is 0 Å². The summed E-state index contributed by atoms with van der Waals surface area (Å²) >= 11 is 0. The van der Waals surface area contributed by atoms with Crippen LogP contribution in [0, 0.1) is 6.20 Å². The molecule has 3 aromatic rings. The van der Waals surface area contributed by atoms with E-state index in [1.54, 1.807) is 0 Å². The zero-order valence-electron chi connectivity index (χ0n) is 9.75. The van der Waals surface area contributed by atoms with Crippen molar-refractivity contribution in [3.05, 3.63) is 72.9 Å². The van der Waals surface area contributed by atoms with Crippen LogP contribution in [0.1, 0.15) is 0 Å². The van der Waals surface area contributed by atoms with Crippen molar-refractivity contribution in [3.8, 4) is 22.6 Å². The maximum atomic E-state index is 4.57. The lowest BCUT2D eigenvalue weighted by Crippen LogP contribution is -1.91. The van der Waals surface area contributed by atoms with Crippen LogP contribution in [0.15, 0.2) is 66.7 Å². The normalized spacial score (nSPS) is 10.2. The summed E-state index contributed by atoms with van der Waals surface area (Å²) in [4.78, 5) is 8.77. The topological polar surface area (TPSA) is 25.8 Å². The number of hydrogen-bond donors (Lipinski definition) is 0. The van der Waals surface area contributed by atoms with Crippen molar-refractivity contribution >= 4 is 0 Å². The second-order valence-electron chi connectivity index (χ2n) is 3.94. The molecule has 85 valence electrons. The summed E-state index contributed by atoms with van der Waals surface area (Å²) in [6, 6.07) is 21.8. The maximum Gasteiger partial charge on any atom is 0.160 e. The van der Waals surface area contributed by atoms with E-state index in [-0.39, 0.29) is 0 Å². The summed E-state index contributed by atoms with van der Waals surface area (Å²) < 4.78 is 0. The number of aromatic nitrogens is 2. The minimum absolute atomic E-state index is 0.706. The Morgan fingerprint density at radius 3 is 2.00 bits per heavy atom. The summed E-state index contributed by atoms with van der Waals surface area (Å²) in [6.07, 6.45) is 2.91. The third-order valence-corrected chi connectivity index (χ3v) is 2.70. The monoisotopic (exact) mass is 231 g/mol. The summed E-state index contributed by atoms with van der Waals surface area (Å²) in [5, 5.41) is 0. The Morgan fingerprint density at radius 1 is 0.722 bits per heavy atom. The number of benzene rings is 2. The van der Waals surface area contributed by atoms with Crippen molar-refractivity contribution in [1.29, 1.82) is 0 Å². The first-order chi connectivity index (χ1) is 8.93. The Hall–Kier alpha value is -2.48. The van der Waals surface area contributed by atoms with Crippen molar-refractivity contribution < 1.29 is 0 Å². The molecule has 0 atom stereocenters. The summed E-state index contributed by atoms with van der Waals surface area (Å²) in [6.45, 7) is 0. The lowest BCUT2D eigenvalue weighted by Gasteiger charge is -2.03. The van der Waals surface area contributed by atoms with Crippen molar-refractivity contribution in [2.24, 2.45) is 0 Å². The van der Waals surface area contributed by atoms with Crippen LogP contribution in [-0.2, 0) is 0 Å². The number of nitrogens with zero attached hydrogens (tertiary/aromatic N) is 2. The molecule has 18 heavy (non-hydrogen) atoms. The predicted molar refractivity (Wildman–Crippen MR) is 71.7 cm³/mol. The highest BCUT2D eigenvalue weighted by Gasteiger charge is 2.03. The second-order valence-corrected chi connectivity index (χ2v) is 3.94. The lowest BCUT2D eigenvalue weighted by atomic mass is 10.1. The molecule has 0 aliphatic rings. The molecular formula is C16H11N2. The average molecular weight is 231 g/mol. The van der Waals surface area contributed by atoms with Crippen LogP contribution in [-0.4, -0.2) is 9.97 Å².